The highest BCUT2D eigenvalue weighted by atomic mass is 16.5. The van der Waals surface area contributed by atoms with Crippen LogP contribution in [0, 0.1) is 5.92 Å². The lowest BCUT2D eigenvalue weighted by Gasteiger charge is -2.46. The minimum Gasteiger partial charge on any atom is -0.379 e. The highest BCUT2D eigenvalue weighted by Gasteiger charge is 2.37. The number of ether oxygens (including phenoxy) is 1. The maximum atomic E-state index is 5.56. The molecule has 2 aliphatic carbocycles. The molecule has 0 atom stereocenters. The minimum absolute atomic E-state index is 0.440. The van der Waals surface area contributed by atoms with Crippen molar-refractivity contribution in [1.29, 1.82) is 0 Å². The van der Waals surface area contributed by atoms with Gasteiger partial charge in [0.25, 0.3) is 0 Å². The van der Waals surface area contributed by atoms with Crippen LogP contribution in [0.1, 0.15) is 51.4 Å². The zero-order valence-electron chi connectivity index (χ0n) is 12.3. The van der Waals surface area contributed by atoms with Crippen molar-refractivity contribution in [2.45, 2.75) is 56.9 Å². The normalized spacial score (nSPS) is 29.1. The fourth-order valence-corrected chi connectivity index (χ4v) is 3.86. The SMILES string of the molecule is C1CCCC(CNCC2CC2)(N2CCOCC2)CC1. The van der Waals surface area contributed by atoms with E-state index in [0.717, 1.165) is 32.2 Å². The Morgan fingerprint density at radius 3 is 2.32 bits per heavy atom. The van der Waals surface area contributed by atoms with Gasteiger partial charge in [-0.15, -0.1) is 0 Å². The first-order valence-electron chi connectivity index (χ1n) is 8.43. The van der Waals surface area contributed by atoms with Crippen molar-refractivity contribution in [1.82, 2.24) is 10.2 Å². The average Bonchev–Trinajstić information content (AvgIpc) is 3.27. The first-order valence-corrected chi connectivity index (χ1v) is 8.43. The van der Waals surface area contributed by atoms with Crippen LogP contribution in [0.15, 0.2) is 0 Å². The molecule has 0 bridgehead atoms. The number of hydrogen-bond donors (Lipinski definition) is 1. The Kier molecular flexibility index (Phi) is 4.78. The van der Waals surface area contributed by atoms with Gasteiger partial charge in [0.15, 0.2) is 0 Å². The van der Waals surface area contributed by atoms with E-state index >= 15 is 0 Å². The van der Waals surface area contributed by atoms with Crippen LogP contribution >= 0.6 is 0 Å². The van der Waals surface area contributed by atoms with Gasteiger partial charge < -0.3 is 10.1 Å². The zero-order valence-corrected chi connectivity index (χ0v) is 12.3. The van der Waals surface area contributed by atoms with Gasteiger partial charge >= 0.3 is 0 Å². The molecule has 3 fully saturated rings. The van der Waals surface area contributed by atoms with E-state index < -0.39 is 0 Å². The van der Waals surface area contributed by atoms with E-state index in [1.807, 2.05) is 0 Å². The molecule has 3 rings (SSSR count). The average molecular weight is 266 g/mol. The topological polar surface area (TPSA) is 24.5 Å². The molecule has 3 aliphatic rings. The molecular formula is C16H30N2O. The predicted molar refractivity (Wildman–Crippen MR) is 78.4 cm³/mol. The maximum Gasteiger partial charge on any atom is 0.0594 e. The molecular weight excluding hydrogens is 236 g/mol. The van der Waals surface area contributed by atoms with Crippen molar-refractivity contribution in [3.05, 3.63) is 0 Å². The molecule has 1 saturated heterocycles. The summed E-state index contributed by atoms with van der Waals surface area (Å²) in [5, 5.41) is 3.80. The van der Waals surface area contributed by atoms with Crippen LogP contribution in [-0.4, -0.2) is 49.8 Å². The lowest BCUT2D eigenvalue weighted by molar-refractivity contribution is -0.0287. The van der Waals surface area contributed by atoms with Gasteiger partial charge in [0, 0.05) is 25.2 Å². The van der Waals surface area contributed by atoms with Crippen LogP contribution in [0.3, 0.4) is 0 Å². The third-order valence-electron chi connectivity index (χ3n) is 5.30. The molecule has 0 spiro atoms. The van der Waals surface area contributed by atoms with Crippen LogP contribution in [0.4, 0.5) is 0 Å². The van der Waals surface area contributed by atoms with E-state index in [1.54, 1.807) is 0 Å². The largest absolute Gasteiger partial charge is 0.379 e. The predicted octanol–water partition coefficient (Wildman–Crippen LogP) is 2.41. The molecule has 19 heavy (non-hydrogen) atoms. The molecule has 0 aromatic carbocycles. The van der Waals surface area contributed by atoms with Crippen LogP contribution < -0.4 is 5.32 Å². The quantitative estimate of drug-likeness (QED) is 0.773. The first kappa shape index (κ1) is 13.8. The van der Waals surface area contributed by atoms with Crippen LogP contribution in [0.2, 0.25) is 0 Å². The van der Waals surface area contributed by atoms with Crippen molar-refractivity contribution >= 4 is 0 Å². The second-order valence-electron chi connectivity index (χ2n) is 6.81. The van der Waals surface area contributed by atoms with Crippen LogP contribution in [-0.2, 0) is 4.74 Å². The van der Waals surface area contributed by atoms with Crippen LogP contribution in [0.25, 0.3) is 0 Å². The minimum atomic E-state index is 0.440. The fraction of sp³-hybridized carbons (Fsp3) is 1.00. The number of morpholine rings is 1. The van der Waals surface area contributed by atoms with Gasteiger partial charge in [0.05, 0.1) is 13.2 Å². The standard InChI is InChI=1S/C16H30N2O/c1-2-4-8-16(7-3-1,14-17-13-15-5-6-15)18-9-11-19-12-10-18/h15,17H,1-14H2. The van der Waals surface area contributed by atoms with Crippen LogP contribution in [0.5, 0.6) is 0 Å². The Bertz CT molecular complexity index is 264. The van der Waals surface area contributed by atoms with Crippen molar-refractivity contribution in [3.8, 4) is 0 Å². The summed E-state index contributed by atoms with van der Waals surface area (Å²) in [7, 11) is 0. The molecule has 0 amide bonds. The smallest absolute Gasteiger partial charge is 0.0594 e. The van der Waals surface area contributed by atoms with Gasteiger partial charge in [-0.2, -0.15) is 0 Å². The molecule has 2 saturated carbocycles. The van der Waals surface area contributed by atoms with E-state index in [1.165, 1.54) is 64.5 Å². The van der Waals surface area contributed by atoms with E-state index in [-0.39, 0.29) is 0 Å². The molecule has 0 aromatic heterocycles. The van der Waals surface area contributed by atoms with Crippen molar-refractivity contribution in [2.24, 2.45) is 5.92 Å². The molecule has 0 radical (unpaired) electrons. The second kappa shape index (κ2) is 6.55. The molecule has 110 valence electrons. The number of hydrogen-bond acceptors (Lipinski definition) is 3. The summed E-state index contributed by atoms with van der Waals surface area (Å²) in [6.07, 6.45) is 11.4. The van der Waals surface area contributed by atoms with E-state index in [4.69, 9.17) is 4.74 Å². The third-order valence-corrected chi connectivity index (χ3v) is 5.30. The first-order chi connectivity index (χ1) is 9.39. The molecule has 1 heterocycles. The summed E-state index contributed by atoms with van der Waals surface area (Å²) in [4.78, 5) is 2.75. The molecule has 3 nitrogen and oxygen atoms in total. The Morgan fingerprint density at radius 2 is 1.68 bits per heavy atom. The monoisotopic (exact) mass is 266 g/mol. The van der Waals surface area contributed by atoms with Gasteiger partial charge in [0.1, 0.15) is 0 Å². The molecule has 3 heteroatoms. The number of nitrogens with zero attached hydrogens (tertiary/aromatic N) is 1. The maximum absolute atomic E-state index is 5.56. The summed E-state index contributed by atoms with van der Waals surface area (Å²) in [5.74, 6) is 0.993. The summed E-state index contributed by atoms with van der Waals surface area (Å²) >= 11 is 0. The van der Waals surface area contributed by atoms with Gasteiger partial charge in [-0.1, -0.05) is 25.7 Å². The Labute approximate surface area is 118 Å². The zero-order chi connectivity index (χ0) is 13.0. The highest BCUT2D eigenvalue weighted by Crippen LogP contribution is 2.33. The van der Waals surface area contributed by atoms with Gasteiger partial charge in [-0.25, -0.2) is 0 Å². The fourth-order valence-electron chi connectivity index (χ4n) is 3.86. The van der Waals surface area contributed by atoms with Gasteiger partial charge in [0.2, 0.25) is 0 Å². The summed E-state index contributed by atoms with van der Waals surface area (Å²) in [6.45, 7) is 6.63. The number of rotatable bonds is 5. The van der Waals surface area contributed by atoms with Crippen molar-refractivity contribution in [2.75, 3.05) is 39.4 Å². The van der Waals surface area contributed by atoms with E-state index in [0.29, 0.717) is 5.54 Å². The highest BCUT2D eigenvalue weighted by molar-refractivity contribution is 4.95. The lowest BCUT2D eigenvalue weighted by atomic mass is 9.87. The van der Waals surface area contributed by atoms with E-state index in [2.05, 4.69) is 10.2 Å². The summed E-state index contributed by atoms with van der Waals surface area (Å²) < 4.78 is 5.56. The van der Waals surface area contributed by atoms with Crippen molar-refractivity contribution in [3.63, 3.8) is 0 Å². The third kappa shape index (κ3) is 3.71. The van der Waals surface area contributed by atoms with Gasteiger partial charge in [-0.05, 0) is 38.1 Å². The Hall–Kier alpha value is -0.120. The summed E-state index contributed by atoms with van der Waals surface area (Å²) in [5.41, 5.74) is 0.440. The van der Waals surface area contributed by atoms with Crippen molar-refractivity contribution < 1.29 is 4.74 Å². The molecule has 0 unspecified atom stereocenters. The Balaban J connectivity index is 1.60. The molecule has 0 aromatic rings. The van der Waals surface area contributed by atoms with E-state index in [9.17, 15) is 0 Å². The molecule has 1 aliphatic heterocycles. The Morgan fingerprint density at radius 1 is 1.00 bits per heavy atom. The molecule has 1 N–H and O–H groups in total. The lowest BCUT2D eigenvalue weighted by Crippen LogP contribution is -2.58. The van der Waals surface area contributed by atoms with Gasteiger partial charge in [-0.3, -0.25) is 4.90 Å². The summed E-state index contributed by atoms with van der Waals surface area (Å²) in [6, 6.07) is 0. The number of nitrogens with one attached hydrogen (secondary N) is 1. The second-order valence-corrected chi connectivity index (χ2v) is 6.81.